The molecule has 0 aromatic heterocycles. The molecule has 0 spiro atoms. The molecule has 0 radical (unpaired) electrons. The van der Waals surface area contributed by atoms with Crippen LogP contribution in [0.3, 0.4) is 0 Å². The predicted octanol–water partition coefficient (Wildman–Crippen LogP) is 3.06. The molecule has 5 nitrogen and oxygen atoms in total. The summed E-state index contributed by atoms with van der Waals surface area (Å²) < 4.78 is 28.0. The highest BCUT2D eigenvalue weighted by Gasteiger charge is 2.27. The number of rotatable bonds is 6. The van der Waals surface area contributed by atoms with Gasteiger partial charge in [0.25, 0.3) is 0 Å². The van der Waals surface area contributed by atoms with Crippen molar-refractivity contribution in [3.05, 3.63) is 29.8 Å². The lowest BCUT2D eigenvalue weighted by atomic mass is 10.1. The Morgan fingerprint density at radius 1 is 1.30 bits per heavy atom. The zero-order chi connectivity index (χ0) is 19.3. The maximum atomic E-state index is 14.0. The fourth-order valence-electron chi connectivity index (χ4n) is 2.80. The van der Waals surface area contributed by atoms with Crippen molar-refractivity contribution in [2.45, 2.75) is 38.8 Å². The molecule has 1 heterocycles. The smallest absolute Gasteiger partial charge is 0.191 e. The Bertz CT molecular complexity index is 616. The standard InChI is InChI=1S/C19H31F2N5.HI/c1-6-22-18(23-13-19(2,3)25(4)5)24-14-10-11-26(12-14)17-15(20)8-7-9-16(17)21;/h7-9,14H,6,10-13H2,1-5H3,(H2,22,23,24);1H. The van der Waals surface area contributed by atoms with Gasteiger partial charge in [0.15, 0.2) is 5.96 Å². The third-order valence-electron chi connectivity index (χ3n) is 4.96. The largest absolute Gasteiger partial charge is 0.365 e. The van der Waals surface area contributed by atoms with Crippen molar-refractivity contribution >= 4 is 35.6 Å². The van der Waals surface area contributed by atoms with Crippen molar-refractivity contribution in [3.8, 4) is 0 Å². The lowest BCUT2D eigenvalue weighted by molar-refractivity contribution is 0.204. The minimum atomic E-state index is -0.515. The monoisotopic (exact) mass is 495 g/mol. The zero-order valence-electron chi connectivity index (χ0n) is 16.9. The lowest BCUT2D eigenvalue weighted by Crippen LogP contribution is -2.47. The highest BCUT2D eigenvalue weighted by Crippen LogP contribution is 2.26. The van der Waals surface area contributed by atoms with Gasteiger partial charge in [-0.1, -0.05) is 6.07 Å². The summed E-state index contributed by atoms with van der Waals surface area (Å²) in [5.41, 5.74) is 0.00728. The molecule has 1 aliphatic rings. The van der Waals surface area contributed by atoms with Gasteiger partial charge in [-0.3, -0.25) is 4.99 Å². The van der Waals surface area contributed by atoms with Crippen molar-refractivity contribution in [1.82, 2.24) is 15.5 Å². The van der Waals surface area contributed by atoms with Crippen LogP contribution in [0.4, 0.5) is 14.5 Å². The summed E-state index contributed by atoms with van der Waals surface area (Å²) in [5, 5.41) is 6.65. The number of anilines is 1. The SMILES string of the molecule is CCNC(=NCC(C)(C)N(C)C)NC1CCN(c2c(F)cccc2F)C1.I. The molecule has 1 saturated heterocycles. The Balaban J connectivity index is 0.00000364. The van der Waals surface area contributed by atoms with Gasteiger partial charge in [0.1, 0.15) is 17.3 Å². The molecule has 0 bridgehead atoms. The van der Waals surface area contributed by atoms with Gasteiger partial charge in [-0.15, -0.1) is 24.0 Å². The first kappa shape index (κ1) is 23.9. The van der Waals surface area contributed by atoms with E-state index in [4.69, 9.17) is 0 Å². The molecule has 1 aromatic carbocycles. The first-order chi connectivity index (χ1) is 12.2. The van der Waals surface area contributed by atoms with Crippen LogP contribution in [-0.2, 0) is 0 Å². The molecule has 1 aromatic rings. The van der Waals surface area contributed by atoms with Crippen LogP contribution in [0.15, 0.2) is 23.2 Å². The number of benzene rings is 1. The van der Waals surface area contributed by atoms with Crippen LogP contribution < -0.4 is 15.5 Å². The number of hydrogen-bond donors (Lipinski definition) is 2. The van der Waals surface area contributed by atoms with E-state index in [-0.39, 0.29) is 41.2 Å². The molecule has 27 heavy (non-hydrogen) atoms. The number of halogens is 3. The van der Waals surface area contributed by atoms with Crippen molar-refractivity contribution in [3.63, 3.8) is 0 Å². The van der Waals surface area contributed by atoms with Crippen LogP contribution in [0, 0.1) is 11.6 Å². The lowest BCUT2D eigenvalue weighted by Gasteiger charge is -2.31. The fraction of sp³-hybridized carbons (Fsp3) is 0.632. The molecular weight excluding hydrogens is 463 g/mol. The highest BCUT2D eigenvalue weighted by molar-refractivity contribution is 14.0. The second kappa shape index (κ2) is 10.4. The van der Waals surface area contributed by atoms with E-state index in [1.807, 2.05) is 21.0 Å². The van der Waals surface area contributed by atoms with E-state index in [0.29, 0.717) is 19.6 Å². The first-order valence-corrected chi connectivity index (χ1v) is 9.16. The Kier molecular flexibility index (Phi) is 9.20. The van der Waals surface area contributed by atoms with Crippen LogP contribution in [0.2, 0.25) is 0 Å². The third kappa shape index (κ3) is 6.44. The van der Waals surface area contributed by atoms with Crippen LogP contribution in [-0.4, -0.2) is 62.7 Å². The summed E-state index contributed by atoms with van der Waals surface area (Å²) in [6.07, 6.45) is 0.801. The molecule has 1 fully saturated rings. The fourth-order valence-corrected chi connectivity index (χ4v) is 2.80. The van der Waals surface area contributed by atoms with Gasteiger partial charge in [0.05, 0.1) is 6.54 Å². The Labute approximate surface area is 178 Å². The minimum Gasteiger partial charge on any atom is -0.365 e. The topological polar surface area (TPSA) is 42.9 Å². The van der Waals surface area contributed by atoms with Crippen LogP contribution in [0.5, 0.6) is 0 Å². The minimum absolute atomic E-state index is 0. The van der Waals surface area contributed by atoms with E-state index in [1.165, 1.54) is 18.2 Å². The zero-order valence-corrected chi connectivity index (χ0v) is 19.2. The molecule has 1 aliphatic heterocycles. The van der Waals surface area contributed by atoms with Gasteiger partial charge in [0, 0.05) is 31.2 Å². The average Bonchev–Trinajstić information content (AvgIpc) is 3.01. The highest BCUT2D eigenvalue weighted by atomic mass is 127. The van der Waals surface area contributed by atoms with Crippen molar-refractivity contribution in [1.29, 1.82) is 0 Å². The van der Waals surface area contributed by atoms with Crippen molar-refractivity contribution in [2.75, 3.05) is 45.2 Å². The van der Waals surface area contributed by atoms with Gasteiger partial charge in [-0.2, -0.15) is 0 Å². The van der Waals surface area contributed by atoms with Crippen molar-refractivity contribution < 1.29 is 8.78 Å². The summed E-state index contributed by atoms with van der Waals surface area (Å²) >= 11 is 0. The van der Waals surface area contributed by atoms with Gasteiger partial charge in [-0.25, -0.2) is 8.78 Å². The molecule has 2 rings (SSSR count). The number of hydrogen-bond acceptors (Lipinski definition) is 3. The second-order valence-corrected chi connectivity index (χ2v) is 7.55. The average molecular weight is 495 g/mol. The third-order valence-corrected chi connectivity index (χ3v) is 4.96. The Morgan fingerprint density at radius 2 is 1.93 bits per heavy atom. The van der Waals surface area contributed by atoms with Gasteiger partial charge in [-0.05, 0) is 53.4 Å². The normalized spacial score (nSPS) is 17.9. The van der Waals surface area contributed by atoms with E-state index in [9.17, 15) is 8.78 Å². The summed E-state index contributed by atoms with van der Waals surface area (Å²) in [4.78, 5) is 8.59. The molecule has 2 N–H and O–H groups in total. The van der Waals surface area contributed by atoms with E-state index >= 15 is 0 Å². The Morgan fingerprint density at radius 3 is 2.48 bits per heavy atom. The molecule has 8 heteroatoms. The maximum absolute atomic E-state index is 14.0. The Hall–Kier alpha value is -1.16. The van der Waals surface area contributed by atoms with Gasteiger partial charge >= 0.3 is 0 Å². The summed E-state index contributed by atoms with van der Waals surface area (Å²) in [6.45, 7) is 8.85. The number of likely N-dealkylation sites (N-methyl/N-ethyl adjacent to an activating group) is 1. The van der Waals surface area contributed by atoms with E-state index in [2.05, 4.69) is 34.4 Å². The number of aliphatic imine (C=N–C) groups is 1. The van der Waals surface area contributed by atoms with Crippen LogP contribution in [0.25, 0.3) is 0 Å². The number of para-hydroxylation sites is 1. The van der Waals surface area contributed by atoms with Gasteiger partial charge < -0.3 is 20.4 Å². The van der Waals surface area contributed by atoms with Gasteiger partial charge in [0.2, 0.25) is 0 Å². The van der Waals surface area contributed by atoms with Crippen LogP contribution in [0.1, 0.15) is 27.2 Å². The summed E-state index contributed by atoms with van der Waals surface area (Å²) in [6, 6.07) is 4.08. The van der Waals surface area contributed by atoms with E-state index in [1.54, 1.807) is 4.90 Å². The van der Waals surface area contributed by atoms with Crippen molar-refractivity contribution in [2.24, 2.45) is 4.99 Å². The predicted molar refractivity (Wildman–Crippen MR) is 119 cm³/mol. The van der Waals surface area contributed by atoms with Crippen LogP contribution >= 0.6 is 24.0 Å². The molecular formula is C19H32F2IN5. The molecule has 0 aliphatic carbocycles. The molecule has 0 saturated carbocycles. The maximum Gasteiger partial charge on any atom is 0.191 e. The quantitative estimate of drug-likeness (QED) is 0.362. The second-order valence-electron chi connectivity index (χ2n) is 7.55. The number of guanidine groups is 1. The first-order valence-electron chi connectivity index (χ1n) is 9.16. The molecule has 154 valence electrons. The molecule has 1 unspecified atom stereocenters. The molecule has 1 atom stereocenters. The molecule has 0 amide bonds. The number of nitrogens with zero attached hydrogens (tertiary/aromatic N) is 3. The summed E-state index contributed by atoms with van der Waals surface area (Å²) in [5.74, 6) is -0.291. The summed E-state index contributed by atoms with van der Waals surface area (Å²) in [7, 11) is 4.07. The van der Waals surface area contributed by atoms with E-state index < -0.39 is 11.6 Å². The number of nitrogens with one attached hydrogen (secondary N) is 2. The van der Waals surface area contributed by atoms with E-state index in [0.717, 1.165) is 18.9 Å².